The number of carbonyl (C=O) groups is 1. The van der Waals surface area contributed by atoms with Crippen LogP contribution in [0, 0.1) is 5.92 Å². The molecule has 0 unspecified atom stereocenters. The quantitative estimate of drug-likeness (QED) is 0.317. The van der Waals surface area contributed by atoms with Gasteiger partial charge in [-0.2, -0.15) is 0 Å². The molecule has 2 aromatic carbocycles. The zero-order valence-corrected chi connectivity index (χ0v) is 17.6. The average Bonchev–Trinajstić information content (AvgIpc) is 3.54. The van der Waals surface area contributed by atoms with Crippen molar-refractivity contribution in [3.63, 3.8) is 0 Å². The number of hydrogen-bond acceptors (Lipinski definition) is 6. The third-order valence-electron chi connectivity index (χ3n) is 4.36. The number of oxime groups is 1. The molecule has 6 nitrogen and oxygen atoms in total. The van der Waals surface area contributed by atoms with Crippen molar-refractivity contribution in [2.75, 3.05) is 20.8 Å². The highest BCUT2D eigenvalue weighted by Gasteiger charge is 2.23. The molecule has 154 valence electrons. The molecule has 0 aliphatic heterocycles. The van der Waals surface area contributed by atoms with Gasteiger partial charge in [0, 0.05) is 17.7 Å². The van der Waals surface area contributed by atoms with Crippen LogP contribution in [0.15, 0.2) is 41.6 Å². The average molecular weight is 438 g/mol. The number of methoxy groups -OCH3 is 1. The van der Waals surface area contributed by atoms with Crippen LogP contribution >= 0.6 is 23.2 Å². The first-order chi connectivity index (χ1) is 14.0. The molecule has 8 heteroatoms. The van der Waals surface area contributed by atoms with Crippen molar-refractivity contribution < 1.29 is 23.8 Å². The first kappa shape index (κ1) is 21.3. The van der Waals surface area contributed by atoms with Gasteiger partial charge >= 0.3 is 5.97 Å². The van der Waals surface area contributed by atoms with Gasteiger partial charge in [-0.1, -0.05) is 52.6 Å². The summed E-state index contributed by atoms with van der Waals surface area (Å²) < 4.78 is 16.4. The standard InChI is InChI=1S/C21H21Cl2NO5/c1-26-21(25)19(24-27-2)16-6-4-3-5-14(16)12-28-15-9-17(22)20(18(23)10-15)29-11-13-7-8-13/h3-6,9-10,13H,7-8,11-12H2,1-2H3. The van der Waals surface area contributed by atoms with E-state index in [4.69, 9.17) is 42.3 Å². The number of halogens is 2. The summed E-state index contributed by atoms with van der Waals surface area (Å²) in [6.45, 7) is 0.771. The van der Waals surface area contributed by atoms with Crippen LogP contribution in [0.3, 0.4) is 0 Å². The maximum Gasteiger partial charge on any atom is 0.360 e. The predicted molar refractivity (Wildman–Crippen MR) is 111 cm³/mol. The van der Waals surface area contributed by atoms with Gasteiger partial charge in [-0.05, 0) is 24.3 Å². The second-order valence-electron chi connectivity index (χ2n) is 6.53. The van der Waals surface area contributed by atoms with E-state index >= 15 is 0 Å². The molecule has 0 radical (unpaired) electrons. The third-order valence-corrected chi connectivity index (χ3v) is 4.92. The normalized spacial score (nSPS) is 13.7. The van der Waals surface area contributed by atoms with Gasteiger partial charge in [0.15, 0.2) is 11.5 Å². The van der Waals surface area contributed by atoms with Crippen molar-refractivity contribution in [3.05, 3.63) is 57.6 Å². The fraction of sp³-hybridized carbons (Fsp3) is 0.333. The Hall–Kier alpha value is -2.44. The molecule has 1 aliphatic rings. The number of benzene rings is 2. The molecule has 29 heavy (non-hydrogen) atoms. The number of esters is 1. The predicted octanol–water partition coefficient (Wildman–Crippen LogP) is 4.88. The summed E-state index contributed by atoms with van der Waals surface area (Å²) in [6.07, 6.45) is 2.35. The van der Waals surface area contributed by atoms with Crippen molar-refractivity contribution in [1.82, 2.24) is 0 Å². The lowest BCUT2D eigenvalue weighted by Crippen LogP contribution is -2.19. The van der Waals surface area contributed by atoms with Gasteiger partial charge in [0.05, 0.1) is 23.8 Å². The second kappa shape index (κ2) is 9.85. The van der Waals surface area contributed by atoms with Crippen molar-refractivity contribution in [2.24, 2.45) is 11.1 Å². The molecule has 0 bridgehead atoms. The Labute approximate surface area is 179 Å². The topological polar surface area (TPSA) is 66.4 Å². The molecule has 0 aromatic heterocycles. The Morgan fingerprint density at radius 2 is 1.79 bits per heavy atom. The van der Waals surface area contributed by atoms with Gasteiger partial charge < -0.3 is 19.0 Å². The van der Waals surface area contributed by atoms with E-state index < -0.39 is 5.97 Å². The highest BCUT2D eigenvalue weighted by molar-refractivity contribution is 6.43. The van der Waals surface area contributed by atoms with Gasteiger partial charge in [0.2, 0.25) is 0 Å². The molecule has 1 aliphatic carbocycles. The third kappa shape index (κ3) is 5.55. The molecule has 0 heterocycles. The molecule has 0 spiro atoms. The molecule has 0 N–H and O–H groups in total. The molecule has 0 atom stereocenters. The lowest BCUT2D eigenvalue weighted by Gasteiger charge is -2.14. The van der Waals surface area contributed by atoms with E-state index in [2.05, 4.69) is 5.16 Å². The van der Waals surface area contributed by atoms with Crippen LogP contribution in [0.2, 0.25) is 10.0 Å². The summed E-state index contributed by atoms with van der Waals surface area (Å²) in [6, 6.07) is 10.5. The summed E-state index contributed by atoms with van der Waals surface area (Å²) in [5, 5.41) is 4.56. The molecule has 3 rings (SSSR count). The molecule has 0 amide bonds. The molecular weight excluding hydrogens is 417 g/mol. The smallest absolute Gasteiger partial charge is 0.360 e. The van der Waals surface area contributed by atoms with Crippen molar-refractivity contribution in [1.29, 1.82) is 0 Å². The second-order valence-corrected chi connectivity index (χ2v) is 7.34. The molecule has 2 aromatic rings. The number of ether oxygens (including phenoxy) is 3. The van der Waals surface area contributed by atoms with E-state index in [1.807, 2.05) is 12.1 Å². The summed E-state index contributed by atoms with van der Waals surface area (Å²) in [5.41, 5.74) is 1.31. The molecule has 0 saturated heterocycles. The Bertz CT molecular complexity index is 889. The maximum atomic E-state index is 12.0. The summed E-state index contributed by atoms with van der Waals surface area (Å²) >= 11 is 12.6. The van der Waals surface area contributed by atoms with Crippen molar-refractivity contribution in [3.8, 4) is 11.5 Å². The summed E-state index contributed by atoms with van der Waals surface area (Å²) in [5.74, 6) is 0.931. The zero-order valence-electron chi connectivity index (χ0n) is 16.1. The Morgan fingerprint density at radius 3 is 2.41 bits per heavy atom. The molecular formula is C21H21Cl2NO5. The highest BCUT2D eigenvalue weighted by atomic mass is 35.5. The maximum absolute atomic E-state index is 12.0. The van der Waals surface area contributed by atoms with Crippen LogP contribution in [-0.2, 0) is 21.0 Å². The minimum atomic E-state index is -0.609. The highest BCUT2D eigenvalue weighted by Crippen LogP contribution is 2.39. The Balaban J connectivity index is 1.76. The molecule has 1 saturated carbocycles. The monoisotopic (exact) mass is 437 g/mol. The van der Waals surface area contributed by atoms with Gasteiger partial charge in [-0.15, -0.1) is 0 Å². The summed E-state index contributed by atoms with van der Waals surface area (Å²) in [4.78, 5) is 16.8. The van der Waals surface area contributed by atoms with Gasteiger partial charge in [0.1, 0.15) is 19.5 Å². The Morgan fingerprint density at radius 1 is 1.10 bits per heavy atom. The minimum absolute atomic E-state index is 0.0501. The van der Waals surface area contributed by atoms with Gasteiger partial charge in [-0.3, -0.25) is 0 Å². The van der Waals surface area contributed by atoms with E-state index in [1.54, 1.807) is 24.3 Å². The van der Waals surface area contributed by atoms with Crippen LogP contribution in [-0.4, -0.2) is 32.5 Å². The SMILES string of the molecule is CON=C(C(=O)OC)c1ccccc1COc1cc(Cl)c(OCC2CC2)c(Cl)c1. The zero-order chi connectivity index (χ0) is 20.8. The van der Waals surface area contributed by atoms with E-state index in [0.29, 0.717) is 39.6 Å². The first-order valence-corrected chi connectivity index (χ1v) is 9.81. The van der Waals surface area contributed by atoms with E-state index in [-0.39, 0.29) is 12.3 Å². The lowest BCUT2D eigenvalue weighted by atomic mass is 10.0. The van der Waals surface area contributed by atoms with Crippen LogP contribution in [0.4, 0.5) is 0 Å². The fourth-order valence-corrected chi connectivity index (χ4v) is 3.24. The molecule has 1 fully saturated rings. The number of carbonyl (C=O) groups excluding carboxylic acids is 1. The van der Waals surface area contributed by atoms with E-state index in [1.165, 1.54) is 27.1 Å². The largest absolute Gasteiger partial charge is 0.490 e. The van der Waals surface area contributed by atoms with Crippen molar-refractivity contribution >= 4 is 34.9 Å². The first-order valence-electron chi connectivity index (χ1n) is 9.05. The number of hydrogen-bond donors (Lipinski definition) is 0. The van der Waals surface area contributed by atoms with Crippen LogP contribution in [0.1, 0.15) is 24.0 Å². The Kier molecular flexibility index (Phi) is 7.23. The van der Waals surface area contributed by atoms with Crippen LogP contribution < -0.4 is 9.47 Å². The number of nitrogens with zero attached hydrogens (tertiary/aromatic N) is 1. The van der Waals surface area contributed by atoms with Crippen LogP contribution in [0.25, 0.3) is 0 Å². The van der Waals surface area contributed by atoms with E-state index in [9.17, 15) is 4.79 Å². The van der Waals surface area contributed by atoms with E-state index in [0.717, 1.165) is 5.56 Å². The fourth-order valence-electron chi connectivity index (χ4n) is 2.67. The number of rotatable bonds is 9. The van der Waals surface area contributed by atoms with Crippen LogP contribution in [0.5, 0.6) is 11.5 Å². The van der Waals surface area contributed by atoms with Gasteiger partial charge in [-0.25, -0.2) is 4.79 Å². The van der Waals surface area contributed by atoms with Crippen molar-refractivity contribution in [2.45, 2.75) is 19.4 Å². The summed E-state index contributed by atoms with van der Waals surface area (Å²) in [7, 11) is 2.64. The minimum Gasteiger partial charge on any atom is -0.490 e. The van der Waals surface area contributed by atoms with Gasteiger partial charge in [0.25, 0.3) is 0 Å². The lowest BCUT2D eigenvalue weighted by molar-refractivity contribution is -0.132.